The van der Waals surface area contributed by atoms with Gasteiger partial charge in [-0.05, 0) is 60.5 Å². The van der Waals surface area contributed by atoms with Crippen molar-refractivity contribution in [1.29, 1.82) is 0 Å². The third-order valence-electron chi connectivity index (χ3n) is 4.78. The minimum atomic E-state index is -0.392. The van der Waals surface area contributed by atoms with Crippen LogP contribution in [-0.2, 0) is 0 Å². The molecule has 0 radical (unpaired) electrons. The van der Waals surface area contributed by atoms with Gasteiger partial charge in [0.1, 0.15) is 11.4 Å². The van der Waals surface area contributed by atoms with Crippen LogP contribution in [0.15, 0.2) is 53.6 Å². The highest BCUT2D eigenvalue weighted by atomic mass is 16.5. The number of H-pyrrole nitrogens is 1. The zero-order chi connectivity index (χ0) is 22.8. The molecule has 1 amide bonds. The molecule has 0 saturated heterocycles. The molecule has 0 fully saturated rings. The number of carbonyl (C=O) groups excluding carboxylic acids is 1. The van der Waals surface area contributed by atoms with Crippen molar-refractivity contribution in [2.45, 2.75) is 26.2 Å². The predicted octanol–water partition coefficient (Wildman–Crippen LogP) is 4.43. The van der Waals surface area contributed by atoms with Crippen LogP contribution >= 0.6 is 0 Å². The minimum absolute atomic E-state index is 0.310. The standard InChI is InChI=1S/C24H28N4O4/c1-4-5-6-13-32-19-10-8-18(9-11-19)20-15-21(27-26-20)24(29)28-25-16-17-7-12-22(30-2)23(14-17)31-3/h7-12,14-16H,4-6,13H2,1-3H3,(H,26,27)(H,28,29). The Morgan fingerprint density at radius 2 is 1.84 bits per heavy atom. The maximum Gasteiger partial charge on any atom is 0.289 e. The summed E-state index contributed by atoms with van der Waals surface area (Å²) in [6.45, 7) is 2.88. The van der Waals surface area contributed by atoms with Gasteiger partial charge in [-0.15, -0.1) is 0 Å². The van der Waals surface area contributed by atoms with Crippen LogP contribution in [0.5, 0.6) is 17.2 Å². The molecule has 2 aromatic carbocycles. The summed E-state index contributed by atoms with van der Waals surface area (Å²) >= 11 is 0. The van der Waals surface area contributed by atoms with Gasteiger partial charge in [0.2, 0.25) is 0 Å². The molecule has 0 atom stereocenters. The molecule has 1 heterocycles. The second-order valence-electron chi connectivity index (χ2n) is 7.06. The number of aromatic amines is 1. The first-order valence-corrected chi connectivity index (χ1v) is 10.5. The first-order valence-electron chi connectivity index (χ1n) is 10.5. The van der Waals surface area contributed by atoms with Crippen molar-refractivity contribution in [2.24, 2.45) is 5.10 Å². The Bertz CT molecular complexity index is 1040. The number of hydrazone groups is 1. The fourth-order valence-corrected chi connectivity index (χ4v) is 3.01. The first kappa shape index (κ1) is 22.9. The lowest BCUT2D eigenvalue weighted by Gasteiger charge is -2.07. The average molecular weight is 437 g/mol. The molecule has 8 heteroatoms. The summed E-state index contributed by atoms with van der Waals surface area (Å²) in [4.78, 5) is 12.4. The third kappa shape index (κ3) is 6.10. The molecule has 0 saturated carbocycles. The Labute approximate surface area is 187 Å². The average Bonchev–Trinajstić information content (AvgIpc) is 3.32. The molecule has 0 aliphatic rings. The number of unbranched alkanes of at least 4 members (excludes halogenated alkanes) is 2. The molecule has 0 unspecified atom stereocenters. The summed E-state index contributed by atoms with van der Waals surface area (Å²) in [5, 5.41) is 11.0. The van der Waals surface area contributed by atoms with Gasteiger partial charge in [0.05, 0.1) is 32.7 Å². The number of benzene rings is 2. The summed E-state index contributed by atoms with van der Waals surface area (Å²) < 4.78 is 16.2. The zero-order valence-electron chi connectivity index (χ0n) is 18.6. The molecule has 3 rings (SSSR count). The Hall–Kier alpha value is -3.81. The lowest BCUT2D eigenvalue weighted by atomic mass is 10.1. The third-order valence-corrected chi connectivity index (χ3v) is 4.78. The van der Waals surface area contributed by atoms with Gasteiger partial charge in [-0.1, -0.05) is 19.8 Å². The summed E-state index contributed by atoms with van der Waals surface area (Å²) in [6, 6.07) is 14.7. The highest BCUT2D eigenvalue weighted by Crippen LogP contribution is 2.27. The smallest absolute Gasteiger partial charge is 0.289 e. The van der Waals surface area contributed by atoms with Gasteiger partial charge in [-0.25, -0.2) is 5.43 Å². The maximum atomic E-state index is 12.4. The quantitative estimate of drug-likeness (QED) is 0.263. The van der Waals surface area contributed by atoms with Crippen molar-refractivity contribution < 1.29 is 19.0 Å². The number of nitrogens with zero attached hydrogens (tertiary/aromatic N) is 2. The van der Waals surface area contributed by atoms with Crippen LogP contribution in [0.3, 0.4) is 0 Å². The Morgan fingerprint density at radius 1 is 1.06 bits per heavy atom. The first-order chi connectivity index (χ1) is 15.6. The number of amides is 1. The summed E-state index contributed by atoms with van der Waals surface area (Å²) in [5.74, 6) is 1.63. The molecule has 0 aliphatic carbocycles. The van der Waals surface area contributed by atoms with Crippen molar-refractivity contribution in [2.75, 3.05) is 20.8 Å². The molecule has 168 valence electrons. The van der Waals surface area contributed by atoms with Crippen LogP contribution in [0.4, 0.5) is 0 Å². The van der Waals surface area contributed by atoms with Crippen LogP contribution in [0.1, 0.15) is 42.2 Å². The SMILES string of the molecule is CCCCCOc1ccc(-c2cc(C(=O)NN=Cc3ccc(OC)c(OC)c3)[nH]n2)cc1. The number of hydrogen-bond donors (Lipinski definition) is 2. The number of hydrogen-bond acceptors (Lipinski definition) is 6. The Morgan fingerprint density at radius 3 is 2.56 bits per heavy atom. The van der Waals surface area contributed by atoms with E-state index in [1.54, 1.807) is 32.4 Å². The number of ether oxygens (including phenoxy) is 3. The van der Waals surface area contributed by atoms with Crippen LogP contribution in [0.2, 0.25) is 0 Å². The van der Waals surface area contributed by atoms with Crippen molar-refractivity contribution in [3.05, 3.63) is 59.8 Å². The number of methoxy groups -OCH3 is 2. The fraction of sp³-hybridized carbons (Fsp3) is 0.292. The van der Waals surface area contributed by atoms with Gasteiger partial charge in [-0.3, -0.25) is 9.89 Å². The van der Waals surface area contributed by atoms with Gasteiger partial charge in [0, 0.05) is 5.56 Å². The van der Waals surface area contributed by atoms with E-state index in [0.717, 1.165) is 29.7 Å². The van der Waals surface area contributed by atoms with Crippen LogP contribution in [-0.4, -0.2) is 43.1 Å². The predicted molar refractivity (Wildman–Crippen MR) is 124 cm³/mol. The molecular weight excluding hydrogens is 408 g/mol. The molecular formula is C24H28N4O4. The monoisotopic (exact) mass is 436 g/mol. The van der Waals surface area contributed by atoms with E-state index in [-0.39, 0.29) is 0 Å². The largest absolute Gasteiger partial charge is 0.494 e. The maximum absolute atomic E-state index is 12.4. The molecule has 2 N–H and O–H groups in total. The highest BCUT2D eigenvalue weighted by molar-refractivity contribution is 5.94. The van der Waals surface area contributed by atoms with E-state index in [2.05, 4.69) is 27.6 Å². The Balaban J connectivity index is 1.57. The number of nitrogens with one attached hydrogen (secondary N) is 2. The Kier molecular flexibility index (Phi) is 8.25. The molecule has 0 spiro atoms. The highest BCUT2D eigenvalue weighted by Gasteiger charge is 2.11. The second kappa shape index (κ2) is 11.5. The van der Waals surface area contributed by atoms with Crippen molar-refractivity contribution >= 4 is 12.1 Å². The normalized spacial score (nSPS) is 10.8. The van der Waals surface area contributed by atoms with Crippen molar-refractivity contribution in [1.82, 2.24) is 15.6 Å². The van der Waals surface area contributed by atoms with Gasteiger partial charge in [-0.2, -0.15) is 10.2 Å². The summed E-state index contributed by atoms with van der Waals surface area (Å²) in [7, 11) is 3.13. The van der Waals surface area contributed by atoms with Crippen molar-refractivity contribution in [3.63, 3.8) is 0 Å². The number of aromatic nitrogens is 2. The van der Waals surface area contributed by atoms with E-state index in [4.69, 9.17) is 14.2 Å². The van der Waals surface area contributed by atoms with E-state index in [0.29, 0.717) is 29.5 Å². The minimum Gasteiger partial charge on any atom is -0.494 e. The number of rotatable bonds is 11. The van der Waals surface area contributed by atoms with Crippen LogP contribution < -0.4 is 19.6 Å². The molecule has 0 bridgehead atoms. The van der Waals surface area contributed by atoms with Gasteiger partial charge in [0.25, 0.3) is 5.91 Å². The molecule has 8 nitrogen and oxygen atoms in total. The van der Waals surface area contributed by atoms with E-state index in [9.17, 15) is 4.79 Å². The summed E-state index contributed by atoms with van der Waals surface area (Å²) in [6.07, 6.45) is 4.90. The van der Waals surface area contributed by atoms with Gasteiger partial charge in [0.15, 0.2) is 11.5 Å². The molecule has 3 aromatic rings. The molecule has 0 aliphatic heterocycles. The van der Waals surface area contributed by atoms with Crippen LogP contribution in [0, 0.1) is 0 Å². The van der Waals surface area contributed by atoms with E-state index >= 15 is 0 Å². The van der Waals surface area contributed by atoms with Gasteiger partial charge < -0.3 is 14.2 Å². The van der Waals surface area contributed by atoms with Gasteiger partial charge >= 0.3 is 0 Å². The summed E-state index contributed by atoms with van der Waals surface area (Å²) in [5.41, 5.74) is 5.10. The topological polar surface area (TPSA) is 97.8 Å². The lowest BCUT2D eigenvalue weighted by Crippen LogP contribution is -2.18. The lowest BCUT2D eigenvalue weighted by molar-refractivity contribution is 0.0950. The van der Waals surface area contributed by atoms with E-state index < -0.39 is 5.91 Å². The van der Waals surface area contributed by atoms with E-state index in [1.165, 1.54) is 12.6 Å². The van der Waals surface area contributed by atoms with E-state index in [1.807, 2.05) is 30.3 Å². The fourth-order valence-electron chi connectivity index (χ4n) is 3.01. The van der Waals surface area contributed by atoms with Crippen LogP contribution in [0.25, 0.3) is 11.3 Å². The molecule has 32 heavy (non-hydrogen) atoms. The zero-order valence-corrected chi connectivity index (χ0v) is 18.6. The molecule has 1 aromatic heterocycles. The van der Waals surface area contributed by atoms with Crippen molar-refractivity contribution in [3.8, 4) is 28.5 Å². The number of carbonyl (C=O) groups is 1. The second-order valence-corrected chi connectivity index (χ2v) is 7.06.